The van der Waals surface area contributed by atoms with E-state index in [-0.39, 0.29) is 6.61 Å². The zero-order valence-electron chi connectivity index (χ0n) is 9.35. The molecule has 13 heavy (non-hydrogen) atoms. The monoisotopic (exact) mass is 198 g/mol. The Balaban J connectivity index is 3.73. The molecule has 0 heterocycles. The average Bonchev–Trinajstić information content (AvgIpc) is 2.03. The van der Waals surface area contributed by atoms with Crippen LogP contribution in [-0.4, -0.2) is 19.8 Å². The molecule has 0 bridgehead atoms. The summed E-state index contributed by atoms with van der Waals surface area (Å²) in [6, 6.07) is 1.08. The maximum absolute atomic E-state index is 8.93. The minimum atomic E-state index is -0.986. The third-order valence-electron chi connectivity index (χ3n) is 1.97. The molecule has 0 aromatic carbocycles. The van der Waals surface area contributed by atoms with Gasteiger partial charge in [0, 0.05) is 19.1 Å². The summed E-state index contributed by atoms with van der Waals surface area (Å²) in [5.74, 6) is 6.78. The molecule has 0 aromatic rings. The smallest absolute Gasteiger partial charge is 0.0573 e. The van der Waals surface area contributed by atoms with Gasteiger partial charge in [-0.3, -0.25) is 0 Å². The van der Waals surface area contributed by atoms with Crippen molar-refractivity contribution in [1.29, 1.82) is 0 Å². The van der Waals surface area contributed by atoms with Crippen LogP contribution in [-0.2, 0) is 0 Å². The van der Waals surface area contributed by atoms with Crippen molar-refractivity contribution < 1.29 is 5.11 Å². The lowest BCUT2D eigenvalue weighted by molar-refractivity contribution is 0.225. The Labute approximate surface area is 83.6 Å². The summed E-state index contributed by atoms with van der Waals surface area (Å²) in [5, 5.41) is 8.93. The van der Waals surface area contributed by atoms with E-state index in [1.54, 1.807) is 0 Å². The molecule has 0 aliphatic heterocycles. The quantitative estimate of drug-likeness (QED) is 0.544. The molecule has 0 aliphatic rings. The van der Waals surface area contributed by atoms with E-state index in [1.807, 2.05) is 0 Å². The van der Waals surface area contributed by atoms with Crippen LogP contribution in [0.4, 0.5) is 0 Å². The summed E-state index contributed by atoms with van der Waals surface area (Å²) in [5.41, 5.74) is 0. The highest BCUT2D eigenvalue weighted by Crippen LogP contribution is 2.08. The maximum Gasteiger partial charge on any atom is 0.0573 e. The van der Waals surface area contributed by atoms with Crippen molar-refractivity contribution in [3.8, 4) is 11.8 Å². The van der Waals surface area contributed by atoms with E-state index in [1.165, 1.54) is 0 Å². The van der Waals surface area contributed by atoms with E-state index in [9.17, 15) is 0 Å². The minimum absolute atomic E-state index is 0.276. The molecule has 0 saturated carbocycles. The first-order valence-electron chi connectivity index (χ1n) is 5.06. The molecule has 0 amide bonds. The van der Waals surface area contributed by atoms with Crippen LogP contribution in [0.2, 0.25) is 25.7 Å². The summed E-state index contributed by atoms with van der Waals surface area (Å²) in [6.45, 7) is 9.35. The second kappa shape index (κ2) is 6.23. The van der Waals surface area contributed by atoms with Crippen molar-refractivity contribution in [2.45, 2.75) is 45.5 Å². The Kier molecular flexibility index (Phi) is 6.10. The molecular formula is C11H22OSi. The van der Waals surface area contributed by atoms with E-state index in [0.717, 1.165) is 18.9 Å². The van der Waals surface area contributed by atoms with Crippen molar-refractivity contribution in [3.05, 3.63) is 0 Å². The third kappa shape index (κ3) is 8.08. The Morgan fingerprint density at radius 1 is 1.23 bits per heavy atom. The highest BCUT2D eigenvalue weighted by molar-refractivity contribution is 6.76. The second-order valence-electron chi connectivity index (χ2n) is 4.75. The lowest BCUT2D eigenvalue weighted by atomic mass is 10.0. The van der Waals surface area contributed by atoms with Crippen LogP contribution in [0.15, 0.2) is 0 Å². The fourth-order valence-electron chi connectivity index (χ4n) is 0.882. The van der Waals surface area contributed by atoms with Gasteiger partial charge in [0.05, 0.1) is 8.07 Å². The van der Waals surface area contributed by atoms with Crippen LogP contribution in [0.25, 0.3) is 0 Å². The number of hydrogen-bond acceptors (Lipinski definition) is 1. The summed E-state index contributed by atoms with van der Waals surface area (Å²) >= 11 is 0. The number of hydrogen-bond donors (Lipinski definition) is 1. The summed E-state index contributed by atoms with van der Waals surface area (Å²) < 4.78 is 0. The van der Waals surface area contributed by atoms with Gasteiger partial charge in [-0.1, -0.05) is 33.0 Å². The lowest BCUT2D eigenvalue weighted by Gasteiger charge is -2.10. The summed E-state index contributed by atoms with van der Waals surface area (Å²) in [4.78, 5) is 0. The molecular weight excluding hydrogens is 176 g/mol. The Morgan fingerprint density at radius 3 is 2.23 bits per heavy atom. The molecule has 0 aliphatic carbocycles. The number of aliphatic hydroxyl groups is 1. The van der Waals surface area contributed by atoms with E-state index < -0.39 is 8.07 Å². The number of rotatable bonds is 4. The van der Waals surface area contributed by atoms with E-state index in [0.29, 0.717) is 5.92 Å². The van der Waals surface area contributed by atoms with Crippen LogP contribution >= 0.6 is 0 Å². The predicted molar refractivity (Wildman–Crippen MR) is 61.4 cm³/mol. The van der Waals surface area contributed by atoms with Gasteiger partial charge in [0.15, 0.2) is 0 Å². The van der Waals surface area contributed by atoms with Gasteiger partial charge in [0.2, 0.25) is 0 Å². The average molecular weight is 198 g/mol. The van der Waals surface area contributed by atoms with Crippen LogP contribution in [0.1, 0.15) is 19.8 Å². The zero-order valence-corrected chi connectivity index (χ0v) is 10.4. The van der Waals surface area contributed by atoms with Gasteiger partial charge in [0.1, 0.15) is 0 Å². The molecule has 0 saturated heterocycles. The first-order chi connectivity index (χ1) is 5.99. The molecule has 0 radical (unpaired) electrons. The van der Waals surface area contributed by atoms with Gasteiger partial charge in [-0.05, 0) is 5.92 Å². The zero-order chi connectivity index (χ0) is 10.3. The molecule has 0 spiro atoms. The van der Waals surface area contributed by atoms with Gasteiger partial charge in [-0.25, -0.2) is 0 Å². The lowest BCUT2D eigenvalue weighted by Crippen LogP contribution is -2.17. The molecule has 1 nitrogen and oxygen atoms in total. The van der Waals surface area contributed by atoms with E-state index in [4.69, 9.17) is 5.11 Å². The topological polar surface area (TPSA) is 20.2 Å². The maximum atomic E-state index is 8.93. The van der Waals surface area contributed by atoms with Gasteiger partial charge in [-0.2, -0.15) is 0 Å². The molecule has 1 atom stereocenters. The van der Waals surface area contributed by atoms with E-state index in [2.05, 4.69) is 38.4 Å². The minimum Gasteiger partial charge on any atom is -0.396 e. The molecule has 0 fully saturated rings. The number of aliphatic hydroxyl groups excluding tert-OH is 1. The Morgan fingerprint density at radius 2 is 1.85 bits per heavy atom. The Bertz CT molecular complexity index is 178. The second-order valence-corrected chi connectivity index (χ2v) is 10.2. The molecule has 0 rings (SSSR count). The Hall–Kier alpha value is -0.263. The van der Waals surface area contributed by atoms with Crippen molar-refractivity contribution in [2.24, 2.45) is 5.92 Å². The van der Waals surface area contributed by atoms with Crippen LogP contribution in [0, 0.1) is 17.8 Å². The van der Waals surface area contributed by atoms with Crippen LogP contribution in [0.5, 0.6) is 0 Å². The largest absolute Gasteiger partial charge is 0.396 e. The molecule has 0 unspecified atom stereocenters. The molecule has 2 heteroatoms. The fourth-order valence-corrected chi connectivity index (χ4v) is 1.54. The van der Waals surface area contributed by atoms with Crippen molar-refractivity contribution in [3.63, 3.8) is 0 Å². The first-order valence-corrected chi connectivity index (χ1v) is 8.77. The first kappa shape index (κ1) is 12.7. The standard InChI is InChI=1S/C11H22OSi/c1-5-11(10-12)8-6-7-9-13(2,3)4/h11-12H,5,8-10H2,1-4H3/t11-/m1/s1. The van der Waals surface area contributed by atoms with Crippen molar-refractivity contribution >= 4 is 8.07 Å². The van der Waals surface area contributed by atoms with Crippen LogP contribution in [0.3, 0.4) is 0 Å². The van der Waals surface area contributed by atoms with Crippen molar-refractivity contribution in [2.75, 3.05) is 6.61 Å². The molecule has 1 N–H and O–H groups in total. The van der Waals surface area contributed by atoms with Gasteiger partial charge < -0.3 is 5.11 Å². The SMILES string of the molecule is CC[C@@H](CO)CC#CC[Si](C)(C)C. The van der Waals surface area contributed by atoms with Gasteiger partial charge in [-0.15, -0.1) is 11.8 Å². The van der Waals surface area contributed by atoms with E-state index >= 15 is 0 Å². The fraction of sp³-hybridized carbons (Fsp3) is 0.818. The summed E-state index contributed by atoms with van der Waals surface area (Å²) in [7, 11) is -0.986. The third-order valence-corrected chi connectivity index (χ3v) is 3.21. The van der Waals surface area contributed by atoms with Crippen molar-refractivity contribution in [1.82, 2.24) is 0 Å². The molecule has 0 aromatic heterocycles. The van der Waals surface area contributed by atoms with Crippen LogP contribution < -0.4 is 0 Å². The highest BCUT2D eigenvalue weighted by atomic mass is 28.3. The molecule has 76 valence electrons. The normalized spacial score (nSPS) is 13.3. The summed E-state index contributed by atoms with van der Waals surface area (Å²) in [6.07, 6.45) is 1.88. The predicted octanol–water partition coefficient (Wildman–Crippen LogP) is 2.74. The highest BCUT2D eigenvalue weighted by Gasteiger charge is 2.09. The van der Waals surface area contributed by atoms with Gasteiger partial charge in [0.25, 0.3) is 0 Å². The van der Waals surface area contributed by atoms with Gasteiger partial charge >= 0.3 is 0 Å².